The number of hydrogen-bond acceptors (Lipinski definition) is 3. The van der Waals surface area contributed by atoms with Crippen molar-refractivity contribution in [2.75, 3.05) is 16.8 Å². The minimum absolute atomic E-state index is 0.0471. The molecule has 2 amide bonds. The molecule has 0 spiro atoms. The molecule has 1 aromatic carbocycles. The van der Waals surface area contributed by atoms with Crippen molar-refractivity contribution >= 4 is 23.2 Å². The molecule has 1 aromatic heterocycles. The van der Waals surface area contributed by atoms with E-state index in [1.165, 1.54) is 0 Å². The van der Waals surface area contributed by atoms with Crippen LogP contribution >= 0.6 is 0 Å². The van der Waals surface area contributed by atoms with E-state index in [4.69, 9.17) is 0 Å². The van der Waals surface area contributed by atoms with E-state index in [2.05, 4.69) is 10.3 Å². The van der Waals surface area contributed by atoms with Gasteiger partial charge in [-0.2, -0.15) is 0 Å². The second-order valence-corrected chi connectivity index (χ2v) is 4.90. The number of carbonyl (C=O) groups is 2. The van der Waals surface area contributed by atoms with Gasteiger partial charge in [-0.05, 0) is 36.2 Å². The van der Waals surface area contributed by atoms with Crippen molar-refractivity contribution in [3.63, 3.8) is 0 Å². The summed E-state index contributed by atoms with van der Waals surface area (Å²) in [7, 11) is 0. The average Bonchev–Trinajstić information content (AvgIpc) is 2.52. The number of nitrogens with one attached hydrogen (secondary N) is 1. The summed E-state index contributed by atoms with van der Waals surface area (Å²) in [6, 6.07) is 11.1. The van der Waals surface area contributed by atoms with E-state index in [0.29, 0.717) is 18.5 Å². The monoisotopic (exact) mass is 281 g/mol. The van der Waals surface area contributed by atoms with Crippen LogP contribution in [0.1, 0.15) is 12.0 Å². The van der Waals surface area contributed by atoms with Crippen molar-refractivity contribution in [3.8, 4) is 0 Å². The molecule has 0 unspecified atom stereocenters. The first-order chi connectivity index (χ1) is 10.2. The molecule has 106 valence electrons. The van der Waals surface area contributed by atoms with Crippen LogP contribution in [0.4, 0.5) is 11.4 Å². The van der Waals surface area contributed by atoms with E-state index in [0.717, 1.165) is 11.3 Å². The highest BCUT2D eigenvalue weighted by atomic mass is 16.2. The maximum atomic E-state index is 12.4. The molecule has 1 N–H and O–H groups in total. The lowest BCUT2D eigenvalue weighted by atomic mass is 10.1. The Morgan fingerprint density at radius 3 is 2.76 bits per heavy atom. The highest BCUT2D eigenvalue weighted by Crippen LogP contribution is 2.29. The van der Waals surface area contributed by atoms with Crippen LogP contribution < -0.4 is 10.2 Å². The predicted molar refractivity (Wildman–Crippen MR) is 80.0 cm³/mol. The van der Waals surface area contributed by atoms with Crippen molar-refractivity contribution in [3.05, 3.63) is 54.4 Å². The van der Waals surface area contributed by atoms with Gasteiger partial charge in [-0.15, -0.1) is 0 Å². The van der Waals surface area contributed by atoms with Crippen molar-refractivity contribution in [2.24, 2.45) is 0 Å². The molecule has 3 rings (SSSR count). The molecular formula is C16H15N3O2. The van der Waals surface area contributed by atoms with E-state index in [1.807, 2.05) is 30.3 Å². The number of para-hydroxylation sites is 2. The Morgan fingerprint density at radius 2 is 1.95 bits per heavy atom. The number of aryl methyl sites for hydroxylation is 1. The Labute approximate surface area is 122 Å². The first kappa shape index (κ1) is 13.3. The molecule has 2 heterocycles. The summed E-state index contributed by atoms with van der Waals surface area (Å²) in [6.07, 6.45) is 4.43. The first-order valence-electron chi connectivity index (χ1n) is 6.82. The molecule has 5 nitrogen and oxygen atoms in total. The molecule has 0 bridgehead atoms. The van der Waals surface area contributed by atoms with Crippen LogP contribution in [0.15, 0.2) is 48.8 Å². The fourth-order valence-electron chi connectivity index (χ4n) is 2.39. The van der Waals surface area contributed by atoms with Crippen LogP contribution in [0, 0.1) is 0 Å². The number of fused-ring (bicyclic) bond motifs is 1. The normalized spacial score (nSPS) is 13.5. The van der Waals surface area contributed by atoms with Gasteiger partial charge in [-0.1, -0.05) is 12.1 Å². The van der Waals surface area contributed by atoms with E-state index in [-0.39, 0.29) is 18.4 Å². The van der Waals surface area contributed by atoms with Crippen LogP contribution in [0.5, 0.6) is 0 Å². The molecule has 0 saturated heterocycles. The Balaban J connectivity index is 1.74. The van der Waals surface area contributed by atoms with Gasteiger partial charge in [0.15, 0.2) is 0 Å². The van der Waals surface area contributed by atoms with E-state index in [1.54, 1.807) is 23.4 Å². The van der Waals surface area contributed by atoms with Gasteiger partial charge in [-0.3, -0.25) is 14.6 Å². The second kappa shape index (κ2) is 5.75. The lowest BCUT2D eigenvalue weighted by Gasteiger charge is -2.29. The molecule has 0 aliphatic carbocycles. The largest absolute Gasteiger partial charge is 0.323 e. The Hall–Kier alpha value is -2.69. The van der Waals surface area contributed by atoms with Crippen LogP contribution in [-0.4, -0.2) is 23.3 Å². The third-order valence-corrected chi connectivity index (χ3v) is 3.45. The topological polar surface area (TPSA) is 62.3 Å². The SMILES string of the molecule is O=C1CN(C(=O)CCc2ccncc2)c2ccccc2N1. The molecule has 5 heteroatoms. The number of aromatic nitrogens is 1. The summed E-state index contributed by atoms with van der Waals surface area (Å²) in [4.78, 5) is 29.6. The highest BCUT2D eigenvalue weighted by molar-refractivity contribution is 6.09. The van der Waals surface area contributed by atoms with Gasteiger partial charge in [0.25, 0.3) is 0 Å². The maximum Gasteiger partial charge on any atom is 0.244 e. The van der Waals surface area contributed by atoms with Gasteiger partial charge in [-0.25, -0.2) is 0 Å². The molecule has 0 saturated carbocycles. The summed E-state index contributed by atoms with van der Waals surface area (Å²) in [6.45, 7) is 0.0756. The zero-order chi connectivity index (χ0) is 14.7. The number of pyridine rings is 1. The minimum Gasteiger partial charge on any atom is -0.323 e. The maximum absolute atomic E-state index is 12.4. The van der Waals surface area contributed by atoms with Crippen LogP contribution in [0.3, 0.4) is 0 Å². The van der Waals surface area contributed by atoms with Gasteiger partial charge < -0.3 is 10.2 Å². The number of carbonyl (C=O) groups excluding carboxylic acids is 2. The summed E-state index contributed by atoms with van der Waals surface area (Å²) < 4.78 is 0. The smallest absolute Gasteiger partial charge is 0.244 e. The Morgan fingerprint density at radius 1 is 1.19 bits per heavy atom. The van der Waals surface area contributed by atoms with Crippen molar-refractivity contribution in [1.29, 1.82) is 0 Å². The standard InChI is InChI=1S/C16H15N3O2/c20-15-11-19(14-4-2-1-3-13(14)18-15)16(21)6-5-12-7-9-17-10-8-12/h1-4,7-10H,5-6,11H2,(H,18,20). The van der Waals surface area contributed by atoms with Gasteiger partial charge in [0.05, 0.1) is 11.4 Å². The summed E-state index contributed by atoms with van der Waals surface area (Å²) in [5.74, 6) is -0.208. The second-order valence-electron chi connectivity index (χ2n) is 4.90. The van der Waals surface area contributed by atoms with Crippen LogP contribution in [-0.2, 0) is 16.0 Å². The predicted octanol–water partition coefficient (Wildman–Crippen LogP) is 2.00. The number of rotatable bonds is 3. The quantitative estimate of drug-likeness (QED) is 0.936. The van der Waals surface area contributed by atoms with Crippen molar-refractivity contribution < 1.29 is 9.59 Å². The summed E-state index contributed by atoms with van der Waals surface area (Å²) >= 11 is 0. The highest BCUT2D eigenvalue weighted by Gasteiger charge is 2.25. The zero-order valence-corrected chi connectivity index (χ0v) is 11.5. The summed E-state index contributed by atoms with van der Waals surface area (Å²) in [5, 5.41) is 2.78. The Kier molecular flexibility index (Phi) is 3.64. The minimum atomic E-state index is -0.161. The first-order valence-corrected chi connectivity index (χ1v) is 6.82. The molecule has 1 aliphatic rings. The zero-order valence-electron chi connectivity index (χ0n) is 11.5. The Bertz CT molecular complexity index is 670. The van der Waals surface area contributed by atoms with E-state index < -0.39 is 0 Å². The molecule has 0 atom stereocenters. The molecule has 0 fully saturated rings. The lowest BCUT2D eigenvalue weighted by molar-refractivity contribution is -0.121. The van der Waals surface area contributed by atoms with E-state index >= 15 is 0 Å². The molecular weight excluding hydrogens is 266 g/mol. The molecule has 1 aliphatic heterocycles. The average molecular weight is 281 g/mol. The van der Waals surface area contributed by atoms with Crippen molar-refractivity contribution in [2.45, 2.75) is 12.8 Å². The van der Waals surface area contributed by atoms with Crippen molar-refractivity contribution in [1.82, 2.24) is 4.98 Å². The van der Waals surface area contributed by atoms with Crippen LogP contribution in [0.25, 0.3) is 0 Å². The fraction of sp³-hybridized carbons (Fsp3) is 0.188. The molecule has 2 aromatic rings. The third-order valence-electron chi connectivity index (χ3n) is 3.45. The van der Waals surface area contributed by atoms with Gasteiger partial charge in [0.2, 0.25) is 11.8 Å². The number of hydrogen-bond donors (Lipinski definition) is 1. The van der Waals surface area contributed by atoms with Gasteiger partial charge in [0.1, 0.15) is 6.54 Å². The van der Waals surface area contributed by atoms with Gasteiger partial charge in [0, 0.05) is 18.8 Å². The third kappa shape index (κ3) is 2.91. The molecule has 0 radical (unpaired) electrons. The summed E-state index contributed by atoms with van der Waals surface area (Å²) in [5.41, 5.74) is 2.51. The molecule has 21 heavy (non-hydrogen) atoms. The number of amides is 2. The lowest BCUT2D eigenvalue weighted by Crippen LogP contribution is -2.42. The van der Waals surface area contributed by atoms with Crippen LogP contribution in [0.2, 0.25) is 0 Å². The number of nitrogens with zero attached hydrogens (tertiary/aromatic N) is 2. The van der Waals surface area contributed by atoms with E-state index in [9.17, 15) is 9.59 Å². The fourth-order valence-corrected chi connectivity index (χ4v) is 2.39. The number of anilines is 2. The van der Waals surface area contributed by atoms with Gasteiger partial charge >= 0.3 is 0 Å². The number of benzene rings is 1.